The van der Waals surface area contributed by atoms with E-state index < -0.39 is 11.2 Å². The Morgan fingerprint density at radius 3 is 2.05 bits per heavy atom. The highest BCUT2D eigenvalue weighted by Crippen LogP contribution is 2.20. The van der Waals surface area contributed by atoms with Gasteiger partial charge < -0.3 is 14.6 Å². The molecule has 0 aliphatic rings. The fraction of sp³-hybridized carbons (Fsp3) is 0.467. The van der Waals surface area contributed by atoms with Gasteiger partial charge in [0.1, 0.15) is 5.58 Å². The van der Waals surface area contributed by atoms with Gasteiger partial charge in [0, 0.05) is 5.39 Å². The second-order valence-corrected chi connectivity index (χ2v) is 5.58. The predicted molar refractivity (Wildman–Crippen MR) is 78.3 cm³/mol. The summed E-state index contributed by atoms with van der Waals surface area (Å²) in [4.78, 5) is 0. The van der Waals surface area contributed by atoms with Gasteiger partial charge in [0.15, 0.2) is 0 Å². The fourth-order valence-electron chi connectivity index (χ4n) is 1.19. The van der Waals surface area contributed by atoms with Crippen molar-refractivity contribution in [2.24, 2.45) is 0 Å². The van der Waals surface area contributed by atoms with E-state index in [2.05, 4.69) is 0 Å². The number of fused-ring (bicyclic) bond motifs is 1. The van der Waals surface area contributed by atoms with Crippen molar-refractivity contribution in [1.29, 1.82) is 0 Å². The number of rotatable bonds is 2. The van der Waals surface area contributed by atoms with Gasteiger partial charge in [0.25, 0.3) is 0 Å². The van der Waals surface area contributed by atoms with Crippen molar-refractivity contribution in [2.45, 2.75) is 45.2 Å². The normalized spacial score (nSPS) is 12.1. The van der Waals surface area contributed by atoms with Crippen molar-refractivity contribution < 1.29 is 14.6 Å². The molecule has 1 aromatic carbocycles. The van der Waals surface area contributed by atoms with E-state index in [9.17, 15) is 0 Å². The lowest BCUT2D eigenvalue weighted by atomic mass is 9.90. The van der Waals surface area contributed by atoms with Crippen LogP contribution in [0, 0.1) is 0 Å². The predicted octanol–water partition coefficient (Wildman–Crippen LogP) is 2.63. The molecule has 2 aromatic rings. The van der Waals surface area contributed by atoms with E-state index in [0.29, 0.717) is 6.32 Å². The quantitative estimate of drug-likeness (QED) is 0.816. The highest BCUT2D eigenvalue weighted by molar-refractivity contribution is 6.09. The number of hydrogen-bond acceptors (Lipinski definition) is 3. The SMILES string of the molecule is CC(C)(O)C(C)(C)O.[B]Cc1coc2ccccc12. The summed E-state index contributed by atoms with van der Waals surface area (Å²) in [7, 11) is 5.50. The highest BCUT2D eigenvalue weighted by Gasteiger charge is 2.31. The molecule has 19 heavy (non-hydrogen) atoms. The summed E-state index contributed by atoms with van der Waals surface area (Å²) in [6.07, 6.45) is 2.25. The zero-order valence-corrected chi connectivity index (χ0v) is 12.0. The largest absolute Gasteiger partial charge is 0.464 e. The van der Waals surface area contributed by atoms with Crippen LogP contribution >= 0.6 is 0 Å². The molecule has 4 heteroatoms. The van der Waals surface area contributed by atoms with Crippen molar-refractivity contribution in [3.63, 3.8) is 0 Å². The smallest absolute Gasteiger partial charge is 0.134 e. The van der Waals surface area contributed by atoms with Crippen LogP contribution in [-0.2, 0) is 6.32 Å². The molecule has 3 nitrogen and oxygen atoms in total. The molecule has 1 heterocycles. The van der Waals surface area contributed by atoms with Gasteiger partial charge in [-0.15, -0.1) is 0 Å². The molecule has 0 amide bonds. The first-order chi connectivity index (χ1) is 8.67. The third-order valence-corrected chi connectivity index (χ3v) is 3.28. The molecule has 0 fully saturated rings. The van der Waals surface area contributed by atoms with E-state index >= 15 is 0 Å². The van der Waals surface area contributed by atoms with Crippen molar-refractivity contribution >= 4 is 18.8 Å². The molecular formula is C15H21BO3. The Kier molecular flexibility index (Phi) is 4.83. The van der Waals surface area contributed by atoms with Gasteiger partial charge in [0.05, 0.1) is 25.3 Å². The van der Waals surface area contributed by atoms with Gasteiger partial charge in [0.2, 0.25) is 0 Å². The Morgan fingerprint density at radius 1 is 1.05 bits per heavy atom. The van der Waals surface area contributed by atoms with Crippen LogP contribution in [0.2, 0.25) is 0 Å². The minimum atomic E-state index is -1.01. The highest BCUT2D eigenvalue weighted by atomic mass is 16.3. The Labute approximate surface area is 115 Å². The molecule has 1 aromatic heterocycles. The van der Waals surface area contributed by atoms with Crippen LogP contribution in [0.15, 0.2) is 34.9 Å². The lowest BCUT2D eigenvalue weighted by Gasteiger charge is -2.31. The van der Waals surface area contributed by atoms with E-state index in [1.54, 1.807) is 34.0 Å². The van der Waals surface area contributed by atoms with Gasteiger partial charge >= 0.3 is 0 Å². The number of para-hydroxylation sites is 1. The zero-order valence-electron chi connectivity index (χ0n) is 12.0. The molecule has 102 valence electrons. The minimum Gasteiger partial charge on any atom is -0.464 e. The van der Waals surface area contributed by atoms with Crippen LogP contribution in [0.3, 0.4) is 0 Å². The van der Waals surface area contributed by atoms with Crippen LogP contribution in [-0.4, -0.2) is 29.3 Å². The van der Waals surface area contributed by atoms with Gasteiger partial charge in [-0.2, -0.15) is 0 Å². The zero-order chi connectivity index (χ0) is 14.7. The monoisotopic (exact) mass is 260 g/mol. The molecule has 0 aliphatic heterocycles. The number of furan rings is 1. The van der Waals surface area contributed by atoms with Gasteiger partial charge in [-0.25, -0.2) is 0 Å². The van der Waals surface area contributed by atoms with Gasteiger partial charge in [-0.05, 0) is 39.3 Å². The summed E-state index contributed by atoms with van der Waals surface area (Å²) in [5.74, 6) is 0. The average Bonchev–Trinajstić information content (AvgIpc) is 2.70. The topological polar surface area (TPSA) is 53.6 Å². The Morgan fingerprint density at radius 2 is 1.58 bits per heavy atom. The maximum absolute atomic E-state index is 9.10. The molecule has 0 saturated heterocycles. The Hall–Kier alpha value is -1.26. The fourth-order valence-corrected chi connectivity index (χ4v) is 1.19. The summed E-state index contributed by atoms with van der Waals surface area (Å²) >= 11 is 0. The molecule has 0 spiro atoms. The van der Waals surface area contributed by atoms with Crippen molar-refractivity contribution in [3.8, 4) is 0 Å². The molecule has 0 saturated carbocycles. The third-order valence-electron chi connectivity index (χ3n) is 3.28. The van der Waals surface area contributed by atoms with Crippen LogP contribution in [0.1, 0.15) is 33.3 Å². The first kappa shape index (κ1) is 15.8. The second-order valence-electron chi connectivity index (χ2n) is 5.58. The van der Waals surface area contributed by atoms with Gasteiger partial charge in [-0.1, -0.05) is 24.5 Å². The average molecular weight is 260 g/mol. The van der Waals surface area contributed by atoms with E-state index in [1.807, 2.05) is 24.3 Å². The van der Waals surface area contributed by atoms with E-state index in [-0.39, 0.29) is 0 Å². The van der Waals surface area contributed by atoms with Crippen LogP contribution in [0.5, 0.6) is 0 Å². The summed E-state index contributed by atoms with van der Waals surface area (Å²) in [6, 6.07) is 7.89. The molecule has 0 unspecified atom stereocenters. The second kappa shape index (κ2) is 5.80. The maximum atomic E-state index is 9.10. The van der Waals surface area contributed by atoms with Crippen LogP contribution in [0.25, 0.3) is 11.0 Å². The summed E-state index contributed by atoms with van der Waals surface area (Å²) in [6.45, 7) is 6.31. The summed E-state index contributed by atoms with van der Waals surface area (Å²) in [5, 5.41) is 19.3. The minimum absolute atomic E-state index is 0.539. The lowest BCUT2D eigenvalue weighted by Crippen LogP contribution is -2.44. The van der Waals surface area contributed by atoms with Gasteiger partial charge in [-0.3, -0.25) is 0 Å². The van der Waals surface area contributed by atoms with E-state index in [0.717, 1.165) is 16.5 Å². The molecule has 0 aliphatic carbocycles. The number of aliphatic hydroxyl groups is 2. The van der Waals surface area contributed by atoms with E-state index in [1.165, 1.54) is 0 Å². The first-order valence-corrected chi connectivity index (χ1v) is 6.26. The van der Waals surface area contributed by atoms with Crippen LogP contribution in [0.4, 0.5) is 0 Å². The number of benzene rings is 1. The first-order valence-electron chi connectivity index (χ1n) is 6.26. The molecule has 2 rings (SSSR count). The van der Waals surface area contributed by atoms with Crippen molar-refractivity contribution in [1.82, 2.24) is 0 Å². The van der Waals surface area contributed by atoms with E-state index in [4.69, 9.17) is 22.5 Å². The maximum Gasteiger partial charge on any atom is 0.134 e. The number of hydrogen-bond donors (Lipinski definition) is 2. The molecule has 2 radical (unpaired) electrons. The van der Waals surface area contributed by atoms with Crippen LogP contribution < -0.4 is 0 Å². The lowest BCUT2D eigenvalue weighted by molar-refractivity contribution is -0.107. The Balaban J connectivity index is 0.000000203. The summed E-state index contributed by atoms with van der Waals surface area (Å²) < 4.78 is 5.26. The summed E-state index contributed by atoms with van der Waals surface area (Å²) in [5.41, 5.74) is -0.0337. The molecule has 0 bridgehead atoms. The molecule has 2 N–H and O–H groups in total. The standard InChI is InChI=1S/C9H7BO.C6H14O2/c10-5-7-6-11-9-4-2-1-3-8(7)9;1-5(2,7)6(3,4)8/h1-4,6H,5H2;7-8H,1-4H3. The Bertz CT molecular complexity index is 506. The molecular weight excluding hydrogens is 239 g/mol. The van der Waals surface area contributed by atoms with Crippen molar-refractivity contribution in [3.05, 3.63) is 36.1 Å². The third kappa shape index (κ3) is 4.11. The molecule has 0 atom stereocenters. The van der Waals surface area contributed by atoms with Crippen molar-refractivity contribution in [2.75, 3.05) is 0 Å².